The Kier molecular flexibility index (Phi) is 6.20. The number of amides is 1. The molecule has 0 aromatic heterocycles. The number of rotatable bonds is 7. The normalized spacial score (nSPS) is 10.6. The third-order valence-corrected chi connectivity index (χ3v) is 3.97. The molecule has 2 N–H and O–H groups in total. The van der Waals surface area contributed by atoms with Gasteiger partial charge in [0.25, 0.3) is 5.91 Å². The molecule has 0 radical (unpaired) electrons. The lowest BCUT2D eigenvalue weighted by Gasteiger charge is -2.09. The molecule has 136 valence electrons. The van der Waals surface area contributed by atoms with Crippen molar-refractivity contribution in [3.05, 3.63) is 84.4 Å². The SMILES string of the molecule is COc1ccccc1NCC(=O)N/N=C\c1ccc(-c2ccccc2)cc1. The Labute approximate surface area is 158 Å². The van der Waals surface area contributed by atoms with Crippen LogP contribution in [0.3, 0.4) is 0 Å². The minimum absolute atomic E-state index is 0.102. The highest BCUT2D eigenvalue weighted by atomic mass is 16.5. The topological polar surface area (TPSA) is 62.7 Å². The summed E-state index contributed by atoms with van der Waals surface area (Å²) in [6, 6.07) is 25.6. The summed E-state index contributed by atoms with van der Waals surface area (Å²) in [5, 5.41) is 7.03. The van der Waals surface area contributed by atoms with Crippen LogP contribution in [0.25, 0.3) is 11.1 Å². The number of carbonyl (C=O) groups is 1. The van der Waals surface area contributed by atoms with E-state index in [0.29, 0.717) is 5.75 Å². The second-order valence-electron chi connectivity index (χ2n) is 5.84. The maximum atomic E-state index is 11.9. The molecule has 0 spiro atoms. The number of benzene rings is 3. The summed E-state index contributed by atoms with van der Waals surface area (Å²) < 4.78 is 5.23. The summed E-state index contributed by atoms with van der Waals surface area (Å²) in [4.78, 5) is 11.9. The molecule has 0 fully saturated rings. The highest BCUT2D eigenvalue weighted by Gasteiger charge is 2.03. The van der Waals surface area contributed by atoms with Gasteiger partial charge in [-0.25, -0.2) is 5.43 Å². The quantitative estimate of drug-likeness (QED) is 0.496. The molecule has 0 saturated carbocycles. The van der Waals surface area contributed by atoms with E-state index in [4.69, 9.17) is 4.74 Å². The van der Waals surface area contributed by atoms with Gasteiger partial charge >= 0.3 is 0 Å². The van der Waals surface area contributed by atoms with E-state index < -0.39 is 0 Å². The van der Waals surface area contributed by atoms with Crippen molar-refractivity contribution in [1.29, 1.82) is 0 Å². The molecule has 0 bridgehead atoms. The van der Waals surface area contributed by atoms with Gasteiger partial charge in [0.2, 0.25) is 0 Å². The minimum atomic E-state index is -0.238. The van der Waals surface area contributed by atoms with Crippen LogP contribution >= 0.6 is 0 Å². The molecule has 0 aliphatic carbocycles. The maximum absolute atomic E-state index is 11.9. The van der Waals surface area contributed by atoms with E-state index in [1.165, 1.54) is 0 Å². The summed E-state index contributed by atoms with van der Waals surface area (Å²) in [6.45, 7) is 0.102. The second kappa shape index (κ2) is 9.20. The van der Waals surface area contributed by atoms with Gasteiger partial charge in [0.1, 0.15) is 5.75 Å². The van der Waals surface area contributed by atoms with Crippen molar-refractivity contribution in [3.8, 4) is 16.9 Å². The summed E-state index contributed by atoms with van der Waals surface area (Å²) in [5.41, 5.74) is 6.48. The number of methoxy groups -OCH3 is 1. The van der Waals surface area contributed by atoms with Crippen LogP contribution in [0.2, 0.25) is 0 Å². The summed E-state index contributed by atoms with van der Waals surface area (Å²) in [7, 11) is 1.59. The van der Waals surface area contributed by atoms with Gasteiger partial charge in [0.05, 0.1) is 25.6 Å². The van der Waals surface area contributed by atoms with Crippen molar-refractivity contribution in [3.63, 3.8) is 0 Å². The molecule has 3 rings (SSSR count). The first-order chi connectivity index (χ1) is 13.3. The Morgan fingerprint density at radius 1 is 0.926 bits per heavy atom. The van der Waals surface area contributed by atoms with E-state index >= 15 is 0 Å². The lowest BCUT2D eigenvalue weighted by Crippen LogP contribution is -2.26. The van der Waals surface area contributed by atoms with Crippen molar-refractivity contribution in [2.45, 2.75) is 0 Å². The van der Waals surface area contributed by atoms with Crippen molar-refractivity contribution in [2.75, 3.05) is 19.0 Å². The summed E-state index contributed by atoms with van der Waals surface area (Å²) >= 11 is 0. The zero-order valence-electron chi connectivity index (χ0n) is 15.1. The third kappa shape index (κ3) is 5.19. The minimum Gasteiger partial charge on any atom is -0.495 e. The van der Waals surface area contributed by atoms with Gasteiger partial charge < -0.3 is 10.1 Å². The second-order valence-corrected chi connectivity index (χ2v) is 5.84. The zero-order chi connectivity index (χ0) is 18.9. The highest BCUT2D eigenvalue weighted by molar-refractivity contribution is 5.85. The Bertz CT molecular complexity index is 906. The number of ether oxygens (including phenoxy) is 1. The van der Waals surface area contributed by atoms with E-state index in [1.54, 1.807) is 13.3 Å². The number of hydrogen-bond acceptors (Lipinski definition) is 4. The van der Waals surface area contributed by atoms with Gasteiger partial charge in [-0.1, -0.05) is 66.7 Å². The van der Waals surface area contributed by atoms with E-state index in [-0.39, 0.29) is 12.5 Å². The number of carbonyl (C=O) groups excluding carboxylic acids is 1. The first-order valence-electron chi connectivity index (χ1n) is 8.60. The molecule has 0 heterocycles. The smallest absolute Gasteiger partial charge is 0.259 e. The molecule has 0 saturated heterocycles. The predicted molar refractivity (Wildman–Crippen MR) is 109 cm³/mol. The Balaban J connectivity index is 1.50. The van der Waals surface area contributed by atoms with Gasteiger partial charge in [0, 0.05) is 0 Å². The molecular weight excluding hydrogens is 338 g/mol. The summed E-state index contributed by atoms with van der Waals surface area (Å²) in [6.07, 6.45) is 1.62. The molecule has 0 unspecified atom stereocenters. The van der Waals surface area contributed by atoms with Crippen LogP contribution in [0.4, 0.5) is 5.69 Å². The van der Waals surface area contributed by atoms with Crippen LogP contribution in [0.15, 0.2) is 84.0 Å². The van der Waals surface area contributed by atoms with Crippen LogP contribution < -0.4 is 15.5 Å². The average molecular weight is 359 g/mol. The molecule has 5 nitrogen and oxygen atoms in total. The van der Waals surface area contributed by atoms with Crippen molar-refractivity contribution in [1.82, 2.24) is 5.43 Å². The van der Waals surface area contributed by atoms with Crippen LogP contribution in [-0.4, -0.2) is 25.8 Å². The number of para-hydroxylation sites is 2. The van der Waals surface area contributed by atoms with E-state index in [9.17, 15) is 4.79 Å². The van der Waals surface area contributed by atoms with Gasteiger partial charge in [-0.2, -0.15) is 5.10 Å². The molecule has 0 aliphatic rings. The molecule has 3 aromatic rings. The van der Waals surface area contributed by atoms with Crippen LogP contribution in [0.5, 0.6) is 5.75 Å². The van der Waals surface area contributed by atoms with E-state index in [0.717, 1.165) is 22.4 Å². The number of anilines is 1. The van der Waals surface area contributed by atoms with Crippen molar-refractivity contribution in [2.24, 2.45) is 5.10 Å². The molecule has 3 aromatic carbocycles. The predicted octanol–water partition coefficient (Wildman–Crippen LogP) is 3.92. The number of hydrazone groups is 1. The molecular formula is C22H21N3O2. The van der Waals surface area contributed by atoms with Gasteiger partial charge in [-0.15, -0.1) is 0 Å². The average Bonchev–Trinajstić information content (AvgIpc) is 2.73. The fraction of sp³-hybridized carbons (Fsp3) is 0.0909. The monoisotopic (exact) mass is 359 g/mol. The zero-order valence-corrected chi connectivity index (χ0v) is 15.1. The molecule has 5 heteroatoms. The van der Waals surface area contributed by atoms with E-state index in [1.807, 2.05) is 66.7 Å². The Morgan fingerprint density at radius 2 is 1.59 bits per heavy atom. The standard InChI is InChI=1S/C22H21N3O2/c1-27-21-10-6-5-9-20(21)23-16-22(26)25-24-15-17-11-13-19(14-12-17)18-7-3-2-4-8-18/h2-15,23H,16H2,1H3,(H,25,26)/b24-15-. The largest absolute Gasteiger partial charge is 0.495 e. The fourth-order valence-corrected chi connectivity index (χ4v) is 2.58. The first kappa shape index (κ1) is 18.2. The van der Waals surface area contributed by atoms with Crippen LogP contribution in [-0.2, 0) is 4.79 Å². The lowest BCUT2D eigenvalue weighted by atomic mass is 10.0. The Hall–Kier alpha value is -3.60. The van der Waals surface area contributed by atoms with Crippen LogP contribution in [0, 0.1) is 0 Å². The molecule has 0 atom stereocenters. The van der Waals surface area contributed by atoms with Crippen molar-refractivity contribution < 1.29 is 9.53 Å². The first-order valence-corrected chi connectivity index (χ1v) is 8.60. The van der Waals surface area contributed by atoms with E-state index in [2.05, 4.69) is 28.0 Å². The number of nitrogens with one attached hydrogen (secondary N) is 2. The fourth-order valence-electron chi connectivity index (χ4n) is 2.58. The number of nitrogens with zero attached hydrogens (tertiary/aromatic N) is 1. The molecule has 1 amide bonds. The highest BCUT2D eigenvalue weighted by Crippen LogP contribution is 2.22. The lowest BCUT2D eigenvalue weighted by molar-refractivity contribution is -0.119. The molecule has 0 aliphatic heterocycles. The third-order valence-electron chi connectivity index (χ3n) is 3.97. The summed E-state index contributed by atoms with van der Waals surface area (Å²) in [5.74, 6) is 0.449. The maximum Gasteiger partial charge on any atom is 0.259 e. The Morgan fingerprint density at radius 3 is 2.33 bits per heavy atom. The molecule has 27 heavy (non-hydrogen) atoms. The van der Waals surface area contributed by atoms with Crippen LogP contribution in [0.1, 0.15) is 5.56 Å². The van der Waals surface area contributed by atoms with Gasteiger partial charge in [-0.05, 0) is 28.8 Å². The number of hydrogen-bond donors (Lipinski definition) is 2. The van der Waals surface area contributed by atoms with Gasteiger partial charge in [0.15, 0.2) is 0 Å². The van der Waals surface area contributed by atoms with Crippen molar-refractivity contribution >= 4 is 17.8 Å². The van der Waals surface area contributed by atoms with Gasteiger partial charge in [-0.3, -0.25) is 4.79 Å².